The van der Waals surface area contributed by atoms with E-state index in [1.807, 2.05) is 131 Å². The molecule has 149 heavy (non-hydrogen) atoms. The van der Waals surface area contributed by atoms with Crippen LogP contribution in [0.25, 0.3) is 32.7 Å². The molecule has 12 aliphatic carbocycles. The number of hydrogen-bond acceptors (Lipinski definition) is 16. The minimum atomic E-state index is -0.842. The first-order chi connectivity index (χ1) is 71.7. The van der Waals surface area contributed by atoms with E-state index in [0.717, 1.165) is 145 Å². The van der Waals surface area contributed by atoms with Gasteiger partial charge in [0.25, 0.3) is 0 Å². The van der Waals surface area contributed by atoms with Crippen LogP contribution in [0.15, 0.2) is 144 Å². The fourth-order valence-corrected chi connectivity index (χ4v) is 29.3. The quantitative estimate of drug-likeness (QED) is 0.0299. The zero-order valence-corrected chi connectivity index (χ0v) is 90.7. The molecule has 0 radical (unpaired) electrons. The number of thiophene rings is 2. The number of carbonyl (C=O) groups is 9. The smallest absolute Gasteiger partial charge is 0.355 e. The average molecular weight is 2060 g/mol. The van der Waals surface area contributed by atoms with Crippen molar-refractivity contribution in [1.29, 1.82) is 0 Å². The van der Waals surface area contributed by atoms with Crippen LogP contribution in [0.3, 0.4) is 0 Å². The SMILES string of the molecule is CC(=O)c1[nH]c2c(c1C)C(=O)CC(c1ccccc1)C2.CC(=O)c1[nH]c2c(c1C)C(=O)CC(c1ccccc1Cl)C2.CC(=O)c1[nH]c2c(c1C)C(=O)CC(c1cccs1)C2.Cc1c(C(=O)OC(C)C)[nH]c2c1C(=O)CC(c1cccs1)C2.Cc1ccc2[nH]c3c(c2c1)CCCC3NC1CCCCC1.Cc1ccc2[nH]c3c(c2c1)CCCC3NCC12CC3CC(CC(C3)C1)C2.Cc1ccc2c(c1)c1c(n2CC(O)CO)C(=O)CCC1. The lowest BCUT2D eigenvalue weighted by atomic mass is 9.49. The number of hydrogen-bond donors (Lipinski definition) is 10. The topological polar surface area (TPSA) is 327 Å². The normalized spacial score (nSPS) is 22.0. The van der Waals surface area contributed by atoms with Gasteiger partial charge >= 0.3 is 5.97 Å². The predicted octanol–water partition coefficient (Wildman–Crippen LogP) is 27.2. The Morgan fingerprint density at radius 1 is 0.463 bits per heavy atom. The average Bonchev–Trinajstić information content (AvgIpc) is 1.72. The third-order valence-electron chi connectivity index (χ3n) is 33.7. The molecule has 12 aliphatic rings. The van der Waals surface area contributed by atoms with Crippen LogP contribution in [0.1, 0.15) is 410 Å². The van der Waals surface area contributed by atoms with E-state index in [-0.39, 0.29) is 95.2 Å². The van der Waals surface area contributed by atoms with Crippen LogP contribution >= 0.6 is 34.3 Å². The van der Waals surface area contributed by atoms with E-state index in [1.165, 1.54) is 177 Å². The first kappa shape index (κ1) is 106. The molecular weight excluding hydrogens is 1920 g/mol. The molecule has 9 aromatic heterocycles. The van der Waals surface area contributed by atoms with Gasteiger partial charge in [0.15, 0.2) is 46.3 Å². The van der Waals surface area contributed by atoms with E-state index in [9.17, 15) is 48.3 Å². The number of ether oxygens (including phenoxy) is 1. The van der Waals surface area contributed by atoms with Gasteiger partial charge in [-0.25, -0.2) is 4.79 Å². The van der Waals surface area contributed by atoms with Gasteiger partial charge in [-0.05, 0) is 341 Å². The van der Waals surface area contributed by atoms with E-state index < -0.39 is 6.10 Å². The lowest BCUT2D eigenvalue weighted by molar-refractivity contribution is -0.0527. The van der Waals surface area contributed by atoms with Crippen LogP contribution in [-0.4, -0.2) is 128 Å². The Hall–Kier alpha value is -11.8. The van der Waals surface area contributed by atoms with Gasteiger partial charge < -0.3 is 60.1 Å². The molecule has 0 aliphatic heterocycles. The fourth-order valence-electron chi connectivity index (χ4n) is 27.3. The highest BCUT2D eigenvalue weighted by Crippen LogP contribution is 2.60. The molecule has 9 heterocycles. The Balaban J connectivity index is 0.000000109. The van der Waals surface area contributed by atoms with Crippen molar-refractivity contribution >= 4 is 119 Å². The highest BCUT2D eigenvalue weighted by Gasteiger charge is 2.51. The molecule has 5 saturated carbocycles. The van der Waals surface area contributed by atoms with E-state index in [4.69, 9.17) is 21.4 Å². The van der Waals surface area contributed by atoms with Crippen LogP contribution in [0, 0.1) is 71.6 Å². The number of fused-ring (bicyclic) bond motifs is 13. The molecule has 7 atom stereocenters. The number of halogens is 1. The van der Waals surface area contributed by atoms with E-state index in [0.29, 0.717) is 94.9 Å². The Kier molecular flexibility index (Phi) is 32.2. The highest BCUT2D eigenvalue weighted by atomic mass is 35.5. The number of carbonyl (C=O) groups excluding carboxylic acids is 9. The molecule has 4 bridgehead atoms. The Morgan fingerprint density at radius 2 is 0.906 bits per heavy atom. The predicted molar refractivity (Wildman–Crippen MR) is 594 cm³/mol. The summed E-state index contributed by atoms with van der Waals surface area (Å²) >= 11 is 9.61. The van der Waals surface area contributed by atoms with Gasteiger partial charge in [0, 0.05) is 193 Å². The maximum absolute atomic E-state index is 12.5. The van der Waals surface area contributed by atoms with Crippen molar-refractivity contribution in [2.45, 2.75) is 323 Å². The summed E-state index contributed by atoms with van der Waals surface area (Å²) in [5.41, 5.74) is 30.0. The van der Waals surface area contributed by atoms with E-state index in [1.54, 1.807) is 53.1 Å². The third-order valence-corrected chi connectivity index (χ3v) is 36.2. The molecule has 5 fully saturated rings. The molecule has 0 saturated heterocycles. The molecule has 0 amide bonds. The van der Waals surface area contributed by atoms with Crippen LogP contribution in [-0.2, 0) is 56.2 Å². The van der Waals surface area contributed by atoms with Crippen molar-refractivity contribution in [1.82, 2.24) is 45.1 Å². The number of aromatic amines is 6. The van der Waals surface area contributed by atoms with Gasteiger partial charge in [0.1, 0.15) is 5.69 Å². The number of rotatable bonds is 17. The van der Waals surface area contributed by atoms with Gasteiger partial charge in [-0.1, -0.05) is 126 Å². The summed E-state index contributed by atoms with van der Waals surface area (Å²) in [6.45, 7) is 23.2. The molecule has 24 heteroatoms. The summed E-state index contributed by atoms with van der Waals surface area (Å²) in [5.74, 6) is 4.07. The number of H-pyrrole nitrogens is 6. The lowest BCUT2D eigenvalue weighted by Gasteiger charge is -2.57. The number of ketones is 8. The second-order valence-corrected chi connectivity index (χ2v) is 47.4. The van der Waals surface area contributed by atoms with Crippen LogP contribution < -0.4 is 10.6 Å². The lowest BCUT2D eigenvalue weighted by Crippen LogP contribution is -2.51. The summed E-state index contributed by atoms with van der Waals surface area (Å²) in [7, 11) is 0. The van der Waals surface area contributed by atoms with Crippen molar-refractivity contribution in [3.8, 4) is 0 Å². The number of aromatic nitrogens is 7. The van der Waals surface area contributed by atoms with Crippen LogP contribution in [0.5, 0.6) is 0 Å². The Bertz CT molecular complexity index is 7350. The number of aliphatic hydroxyl groups is 2. The van der Waals surface area contributed by atoms with E-state index >= 15 is 0 Å². The molecular formula is C125H144ClN9O12S2. The molecule has 10 N–H and O–H groups in total. The van der Waals surface area contributed by atoms with Crippen molar-refractivity contribution in [3.05, 3.63) is 311 Å². The zero-order valence-electron chi connectivity index (χ0n) is 88.3. The zero-order chi connectivity index (χ0) is 105. The largest absolute Gasteiger partial charge is 0.458 e. The van der Waals surface area contributed by atoms with Gasteiger partial charge in [0.05, 0.1) is 48.1 Å². The summed E-state index contributed by atoms with van der Waals surface area (Å²) in [6, 6.07) is 47.5. The number of nitrogens with one attached hydrogen (secondary N) is 8. The second kappa shape index (κ2) is 45.4. The van der Waals surface area contributed by atoms with Gasteiger partial charge in [-0.15, -0.1) is 22.7 Å². The second-order valence-electron chi connectivity index (χ2n) is 45.0. The summed E-state index contributed by atoms with van der Waals surface area (Å²) in [6.07, 6.45) is 30.3. The van der Waals surface area contributed by atoms with Crippen LogP contribution in [0.2, 0.25) is 5.02 Å². The van der Waals surface area contributed by atoms with Gasteiger partial charge in [-0.2, -0.15) is 0 Å². The van der Waals surface area contributed by atoms with Gasteiger partial charge in [-0.3, -0.25) is 38.4 Å². The maximum atomic E-state index is 12.5. The molecule has 0 spiro atoms. The fraction of sp³-hybridized carbons (Fsp3) is 0.448. The van der Waals surface area contributed by atoms with Crippen LogP contribution in [0.4, 0.5) is 0 Å². The van der Waals surface area contributed by atoms with Crippen molar-refractivity contribution in [2.24, 2.45) is 23.2 Å². The minimum Gasteiger partial charge on any atom is -0.458 e. The molecule has 7 unspecified atom stereocenters. The molecule has 21 nitrogen and oxygen atoms in total. The van der Waals surface area contributed by atoms with Crippen molar-refractivity contribution in [2.75, 3.05) is 13.2 Å². The van der Waals surface area contributed by atoms with Crippen molar-refractivity contribution in [3.63, 3.8) is 0 Å². The number of benzene rings is 5. The molecule has 780 valence electrons. The first-order valence-corrected chi connectivity index (χ1v) is 56.6. The van der Waals surface area contributed by atoms with Gasteiger partial charge in [0.2, 0.25) is 0 Å². The first-order valence-electron chi connectivity index (χ1n) is 54.4. The van der Waals surface area contributed by atoms with Crippen molar-refractivity contribution < 1.29 is 58.1 Å². The number of nitrogens with zero attached hydrogens (tertiary/aromatic N) is 1. The third kappa shape index (κ3) is 22.6. The number of esters is 1. The molecule has 5 aromatic carbocycles. The Morgan fingerprint density at radius 3 is 1.40 bits per heavy atom. The number of Topliss-reactive ketones (excluding diaryl/α,β-unsaturated/α-hetero) is 8. The highest BCUT2D eigenvalue weighted by molar-refractivity contribution is 7.10. The summed E-state index contributed by atoms with van der Waals surface area (Å²) in [5, 5.41) is 35.7. The standard InChI is InChI=1S/C24H32N2.C19H26N2.C17H16ClNO2.C17H19NO3S.C17H17NO2.C16H19NO3.C15H15NO2S/c1-15-5-6-21-20(7-15)19-3-2-4-22(23(19)26-21)25-14-24-11-16-8-17(12-24)10-18(9-16)13-24;1-13-10-11-17-16(12-13)15-8-5-9-18(19(15)21-17)20-14-6-3-2-4-7-14;1-9-16-14(19-17(9)10(2)20)7-11(8-15(16)21)12-5-3-4-6-13(12)18;1-9(2)21-17(20)16-10(3)15-12(18-16)7-11(8-13(15)19)14-5-4-6-22-14;1-10-16-14(18-17(10)11(2)19)8-13(9-15(16)20)12-6-4-3-5-7-12;1-10-5-6-14-13(7-10)12-3-2-4-15(20)16(12)17(14)8-11(19)9-18;1-8-14-11(16-15(8)9(2)17)6-10(7-12(14)18)13-4-3-5-19-13/h5-7,16-18,22,25-26H,2-4,8-14H2,1H3;10-12,14,18,20-21H,2-9H2,1H3;3-6,11,19H,7-8H2,1-2H3;4-6,9,11,18H,7-8H2,1-3H3;3-7,13,18H,8-9H2,1-2H3;5-7,11,18-19H,2-4,8-9H2,1H3;3-5,10,16H,6-7H2,1-2H3. The summed E-state index contributed by atoms with van der Waals surface area (Å²) < 4.78 is 7.13. The molecule has 26 rings (SSSR count). The molecule has 14 aromatic rings. The Labute approximate surface area is 886 Å². The monoisotopic (exact) mass is 2060 g/mol. The number of aliphatic hydroxyl groups excluding tert-OH is 2. The van der Waals surface area contributed by atoms with E-state index in [2.05, 4.69) is 121 Å². The maximum Gasteiger partial charge on any atom is 0.355 e. The minimum absolute atomic E-state index is 0.00706. The number of aryl methyl sites for hydroxylation is 6. The summed E-state index contributed by atoms with van der Waals surface area (Å²) in [4.78, 5) is 131.